The molecule has 1 heterocycles. The number of benzene rings is 2. The summed E-state index contributed by atoms with van der Waals surface area (Å²) in [6.07, 6.45) is 2.96. The molecule has 6 heteroatoms. The Morgan fingerprint density at radius 1 is 1.04 bits per heavy atom. The van der Waals surface area contributed by atoms with Gasteiger partial charge >= 0.3 is 0 Å². The van der Waals surface area contributed by atoms with E-state index >= 15 is 0 Å². The molecule has 27 heavy (non-hydrogen) atoms. The first kappa shape index (κ1) is 20.5. The van der Waals surface area contributed by atoms with Gasteiger partial charge in [-0.1, -0.05) is 59.1 Å². The van der Waals surface area contributed by atoms with Gasteiger partial charge in [-0.15, -0.1) is 0 Å². The van der Waals surface area contributed by atoms with Crippen LogP contribution in [0.4, 0.5) is 0 Å². The highest BCUT2D eigenvalue weighted by Crippen LogP contribution is 2.26. The summed E-state index contributed by atoms with van der Waals surface area (Å²) in [6.45, 7) is 2.88. The highest BCUT2D eigenvalue weighted by molar-refractivity contribution is 6.42. The summed E-state index contributed by atoms with van der Waals surface area (Å²) in [5, 5.41) is 4.99. The summed E-state index contributed by atoms with van der Waals surface area (Å²) in [6, 6.07) is 13.8. The zero-order chi connectivity index (χ0) is 19.2. The van der Waals surface area contributed by atoms with Crippen molar-refractivity contribution in [3.8, 4) is 0 Å². The van der Waals surface area contributed by atoms with Crippen molar-refractivity contribution in [2.24, 2.45) is 0 Å². The lowest BCUT2D eigenvalue weighted by molar-refractivity contribution is -0.122. The monoisotopic (exact) mass is 424 g/mol. The van der Waals surface area contributed by atoms with Crippen LogP contribution in [0.5, 0.6) is 0 Å². The minimum Gasteiger partial charge on any atom is -0.353 e. The topological polar surface area (TPSA) is 32.3 Å². The second-order valence-corrected chi connectivity index (χ2v) is 8.18. The lowest BCUT2D eigenvalue weighted by Gasteiger charge is -2.32. The Hall–Kier alpha value is -1.26. The summed E-state index contributed by atoms with van der Waals surface area (Å²) in [4.78, 5) is 14.7. The summed E-state index contributed by atoms with van der Waals surface area (Å²) in [5.41, 5.74) is 2.18. The lowest BCUT2D eigenvalue weighted by Crippen LogP contribution is -2.44. The van der Waals surface area contributed by atoms with E-state index in [4.69, 9.17) is 34.8 Å². The maximum absolute atomic E-state index is 12.3. The number of nitrogens with one attached hydrogen (secondary N) is 1. The number of carbonyl (C=O) groups excluding carboxylic acids is 1. The predicted molar refractivity (Wildman–Crippen MR) is 113 cm³/mol. The van der Waals surface area contributed by atoms with Crippen LogP contribution in [0.1, 0.15) is 30.4 Å². The standard InChI is InChI=1S/C21H23Cl3N2O/c22-17-7-4-15(5-8-17)14-26-12-10-18(11-13-26)25-20(27)9-6-16-2-1-3-19(23)21(16)24/h1-5,7-8,18H,6,9-14H2,(H,25,27). The molecule has 1 saturated heterocycles. The van der Waals surface area contributed by atoms with Gasteiger partial charge in [-0.3, -0.25) is 9.69 Å². The van der Waals surface area contributed by atoms with Gasteiger partial charge in [0.05, 0.1) is 10.0 Å². The minimum absolute atomic E-state index is 0.0715. The molecule has 1 N–H and O–H groups in total. The molecule has 1 amide bonds. The van der Waals surface area contributed by atoms with Crippen LogP contribution < -0.4 is 5.32 Å². The molecule has 1 fully saturated rings. The van der Waals surface area contributed by atoms with Gasteiger partial charge in [0.15, 0.2) is 0 Å². The van der Waals surface area contributed by atoms with Crippen LogP contribution in [0.2, 0.25) is 15.1 Å². The van der Waals surface area contributed by atoms with Crippen LogP contribution in [0.25, 0.3) is 0 Å². The van der Waals surface area contributed by atoms with E-state index in [9.17, 15) is 4.79 Å². The Labute approximate surface area is 175 Å². The van der Waals surface area contributed by atoms with Gasteiger partial charge in [0.2, 0.25) is 5.91 Å². The van der Waals surface area contributed by atoms with Crippen LogP contribution in [0.15, 0.2) is 42.5 Å². The van der Waals surface area contributed by atoms with Crippen molar-refractivity contribution in [1.82, 2.24) is 10.2 Å². The number of nitrogens with zero attached hydrogens (tertiary/aromatic N) is 1. The first-order valence-electron chi connectivity index (χ1n) is 9.20. The number of likely N-dealkylation sites (tertiary alicyclic amines) is 1. The van der Waals surface area contributed by atoms with Gasteiger partial charge < -0.3 is 5.32 Å². The van der Waals surface area contributed by atoms with E-state index in [0.717, 1.165) is 43.1 Å². The molecule has 2 aromatic carbocycles. The quantitative estimate of drug-likeness (QED) is 0.675. The number of halogens is 3. The molecular formula is C21H23Cl3N2O. The van der Waals surface area contributed by atoms with E-state index in [1.807, 2.05) is 24.3 Å². The van der Waals surface area contributed by atoms with Crippen LogP contribution in [-0.4, -0.2) is 29.9 Å². The zero-order valence-corrected chi connectivity index (χ0v) is 17.3. The number of aryl methyl sites for hydroxylation is 1. The maximum Gasteiger partial charge on any atom is 0.220 e. The van der Waals surface area contributed by atoms with Crippen molar-refractivity contribution in [2.45, 2.75) is 38.3 Å². The molecule has 0 saturated carbocycles. The normalized spacial score (nSPS) is 15.7. The Balaban J connectivity index is 1.40. The molecule has 1 aliphatic rings. The fraction of sp³-hybridized carbons (Fsp3) is 0.381. The van der Waals surface area contributed by atoms with Gasteiger partial charge in [0, 0.05) is 37.1 Å². The van der Waals surface area contributed by atoms with E-state index in [0.29, 0.717) is 22.9 Å². The van der Waals surface area contributed by atoms with E-state index in [-0.39, 0.29) is 11.9 Å². The van der Waals surface area contributed by atoms with Gasteiger partial charge in [0.1, 0.15) is 0 Å². The average molecular weight is 426 g/mol. The summed E-state index contributed by atoms with van der Waals surface area (Å²) >= 11 is 18.1. The highest BCUT2D eigenvalue weighted by atomic mass is 35.5. The van der Waals surface area contributed by atoms with Crippen molar-refractivity contribution >= 4 is 40.7 Å². The molecule has 3 rings (SSSR count). The molecular weight excluding hydrogens is 403 g/mol. The molecule has 2 aromatic rings. The Bertz CT molecular complexity index is 771. The number of piperidine rings is 1. The molecule has 0 bridgehead atoms. The van der Waals surface area contributed by atoms with Gasteiger partial charge in [-0.2, -0.15) is 0 Å². The van der Waals surface area contributed by atoms with Crippen LogP contribution >= 0.6 is 34.8 Å². The SMILES string of the molecule is O=C(CCc1cccc(Cl)c1Cl)NC1CCN(Cc2ccc(Cl)cc2)CC1. The first-order chi connectivity index (χ1) is 13.0. The number of amides is 1. The van der Waals surface area contributed by atoms with Crippen molar-refractivity contribution in [3.63, 3.8) is 0 Å². The van der Waals surface area contributed by atoms with Crippen molar-refractivity contribution in [1.29, 1.82) is 0 Å². The van der Waals surface area contributed by atoms with E-state index in [2.05, 4.69) is 22.3 Å². The molecule has 3 nitrogen and oxygen atoms in total. The number of hydrogen-bond acceptors (Lipinski definition) is 2. The zero-order valence-electron chi connectivity index (χ0n) is 15.1. The lowest BCUT2D eigenvalue weighted by atomic mass is 10.0. The second-order valence-electron chi connectivity index (χ2n) is 6.96. The Morgan fingerprint density at radius 2 is 1.74 bits per heavy atom. The van der Waals surface area contributed by atoms with Crippen LogP contribution in [-0.2, 0) is 17.8 Å². The fourth-order valence-electron chi connectivity index (χ4n) is 3.37. The van der Waals surface area contributed by atoms with Crippen LogP contribution in [0.3, 0.4) is 0 Å². The third-order valence-corrected chi connectivity index (χ3v) is 6.04. The Kier molecular flexibility index (Phi) is 7.42. The van der Waals surface area contributed by atoms with E-state index < -0.39 is 0 Å². The smallest absolute Gasteiger partial charge is 0.220 e. The number of carbonyl (C=O) groups is 1. The van der Waals surface area contributed by atoms with Gasteiger partial charge in [0.25, 0.3) is 0 Å². The number of rotatable bonds is 6. The summed E-state index contributed by atoms with van der Waals surface area (Å²) < 4.78 is 0. The van der Waals surface area contributed by atoms with Crippen molar-refractivity contribution < 1.29 is 4.79 Å². The largest absolute Gasteiger partial charge is 0.353 e. The van der Waals surface area contributed by atoms with Gasteiger partial charge in [-0.25, -0.2) is 0 Å². The van der Waals surface area contributed by atoms with Crippen LogP contribution in [0, 0.1) is 0 Å². The van der Waals surface area contributed by atoms with E-state index in [1.54, 1.807) is 6.07 Å². The Morgan fingerprint density at radius 3 is 2.44 bits per heavy atom. The molecule has 0 unspecified atom stereocenters. The molecule has 0 atom stereocenters. The average Bonchev–Trinajstić information content (AvgIpc) is 2.66. The van der Waals surface area contributed by atoms with Crippen molar-refractivity contribution in [3.05, 3.63) is 68.7 Å². The van der Waals surface area contributed by atoms with Crippen molar-refractivity contribution in [2.75, 3.05) is 13.1 Å². The van der Waals surface area contributed by atoms with Gasteiger partial charge in [-0.05, 0) is 48.6 Å². The number of hydrogen-bond donors (Lipinski definition) is 1. The molecule has 0 spiro atoms. The third kappa shape index (κ3) is 6.11. The summed E-state index contributed by atoms with van der Waals surface area (Å²) in [5.74, 6) is 0.0715. The molecule has 144 valence electrons. The molecule has 1 aliphatic heterocycles. The maximum atomic E-state index is 12.3. The summed E-state index contributed by atoms with van der Waals surface area (Å²) in [7, 11) is 0. The minimum atomic E-state index is 0.0715. The second kappa shape index (κ2) is 9.79. The fourth-order valence-corrected chi connectivity index (χ4v) is 3.91. The molecule has 0 aromatic heterocycles. The molecule has 0 radical (unpaired) electrons. The van der Waals surface area contributed by atoms with E-state index in [1.165, 1.54) is 5.56 Å². The third-order valence-electron chi connectivity index (χ3n) is 4.93. The molecule has 0 aliphatic carbocycles. The predicted octanol–water partition coefficient (Wildman–Crippen LogP) is 5.36. The first-order valence-corrected chi connectivity index (χ1v) is 10.3. The highest BCUT2D eigenvalue weighted by Gasteiger charge is 2.20.